The van der Waals surface area contributed by atoms with Crippen molar-refractivity contribution in [1.82, 2.24) is 5.43 Å². The molecule has 0 aromatic heterocycles. The Labute approximate surface area is 107 Å². The van der Waals surface area contributed by atoms with E-state index >= 15 is 0 Å². The van der Waals surface area contributed by atoms with Crippen molar-refractivity contribution >= 4 is 23.4 Å². The van der Waals surface area contributed by atoms with Gasteiger partial charge in [-0.2, -0.15) is 11.8 Å². The van der Waals surface area contributed by atoms with Crippen molar-refractivity contribution < 1.29 is 0 Å². The summed E-state index contributed by atoms with van der Waals surface area (Å²) in [5.41, 5.74) is 5.08. The predicted octanol–water partition coefficient (Wildman–Crippen LogP) is 3.29. The second-order valence-corrected chi connectivity index (χ2v) is 6.13. The van der Waals surface area contributed by atoms with E-state index in [-0.39, 0.29) is 6.04 Å². The molecule has 0 heterocycles. The van der Waals surface area contributed by atoms with Crippen molar-refractivity contribution in [2.45, 2.75) is 32.1 Å². The molecule has 0 spiro atoms. The lowest BCUT2D eigenvalue weighted by Gasteiger charge is -2.17. The van der Waals surface area contributed by atoms with Crippen LogP contribution in [0.4, 0.5) is 0 Å². The molecule has 2 nitrogen and oxygen atoms in total. The zero-order valence-electron chi connectivity index (χ0n) is 9.96. The molecule has 0 aliphatic heterocycles. The quantitative estimate of drug-likeness (QED) is 0.629. The van der Waals surface area contributed by atoms with Gasteiger partial charge in [0.05, 0.1) is 6.04 Å². The highest BCUT2D eigenvalue weighted by atomic mass is 35.5. The standard InChI is InChI=1S/C12H19ClN2S/c1-8(2)16-7-12(15-14)10-5-4-9(3)11(13)6-10/h4-6,8,12,15H,7,14H2,1-3H3. The summed E-state index contributed by atoms with van der Waals surface area (Å²) in [6.45, 7) is 6.36. The van der Waals surface area contributed by atoms with Crippen LogP contribution in [0, 0.1) is 6.92 Å². The highest BCUT2D eigenvalue weighted by Crippen LogP contribution is 2.24. The molecule has 1 atom stereocenters. The summed E-state index contributed by atoms with van der Waals surface area (Å²) < 4.78 is 0. The second-order valence-electron chi connectivity index (χ2n) is 4.11. The van der Waals surface area contributed by atoms with Gasteiger partial charge in [-0.3, -0.25) is 11.3 Å². The van der Waals surface area contributed by atoms with Gasteiger partial charge >= 0.3 is 0 Å². The van der Waals surface area contributed by atoms with Crippen LogP contribution >= 0.6 is 23.4 Å². The van der Waals surface area contributed by atoms with Gasteiger partial charge < -0.3 is 0 Å². The largest absolute Gasteiger partial charge is 0.271 e. The predicted molar refractivity (Wildman–Crippen MR) is 73.8 cm³/mol. The number of rotatable bonds is 5. The van der Waals surface area contributed by atoms with E-state index in [4.69, 9.17) is 17.4 Å². The van der Waals surface area contributed by atoms with Gasteiger partial charge in [-0.15, -0.1) is 0 Å². The van der Waals surface area contributed by atoms with Crippen molar-refractivity contribution in [3.63, 3.8) is 0 Å². The number of nitrogens with one attached hydrogen (secondary N) is 1. The van der Waals surface area contributed by atoms with Crippen LogP contribution in [0.15, 0.2) is 18.2 Å². The highest BCUT2D eigenvalue weighted by molar-refractivity contribution is 7.99. The lowest BCUT2D eigenvalue weighted by Crippen LogP contribution is -2.30. The molecular weight excluding hydrogens is 240 g/mol. The average molecular weight is 259 g/mol. The van der Waals surface area contributed by atoms with Crippen molar-refractivity contribution in [2.24, 2.45) is 5.84 Å². The number of nitrogens with two attached hydrogens (primary N) is 1. The van der Waals surface area contributed by atoms with Crippen LogP contribution in [-0.2, 0) is 0 Å². The third kappa shape index (κ3) is 3.98. The molecular formula is C12H19ClN2S. The van der Waals surface area contributed by atoms with Gasteiger partial charge in [-0.05, 0) is 29.4 Å². The molecule has 0 bridgehead atoms. The van der Waals surface area contributed by atoms with Gasteiger partial charge in [0.25, 0.3) is 0 Å². The molecule has 4 heteroatoms. The third-order valence-corrected chi connectivity index (χ3v) is 4.00. The molecule has 1 aromatic carbocycles. The molecule has 1 aromatic rings. The molecule has 0 aliphatic carbocycles. The van der Waals surface area contributed by atoms with E-state index in [2.05, 4.69) is 25.3 Å². The second kappa shape index (κ2) is 6.50. The van der Waals surface area contributed by atoms with Gasteiger partial charge in [-0.1, -0.05) is 37.6 Å². The first-order chi connectivity index (χ1) is 7.54. The molecule has 0 radical (unpaired) electrons. The number of benzene rings is 1. The van der Waals surface area contributed by atoms with Crippen LogP contribution in [0.1, 0.15) is 31.0 Å². The number of hydrogen-bond donors (Lipinski definition) is 2. The van der Waals surface area contributed by atoms with Crippen molar-refractivity contribution in [3.8, 4) is 0 Å². The minimum Gasteiger partial charge on any atom is -0.271 e. The SMILES string of the molecule is Cc1ccc(C(CSC(C)C)NN)cc1Cl. The first-order valence-electron chi connectivity index (χ1n) is 5.38. The molecule has 0 aliphatic rings. The zero-order chi connectivity index (χ0) is 12.1. The fraction of sp³-hybridized carbons (Fsp3) is 0.500. The topological polar surface area (TPSA) is 38.0 Å². The van der Waals surface area contributed by atoms with E-state index in [0.717, 1.165) is 21.9 Å². The Bertz CT molecular complexity index is 342. The highest BCUT2D eigenvalue weighted by Gasteiger charge is 2.11. The van der Waals surface area contributed by atoms with Gasteiger partial charge in [0.1, 0.15) is 0 Å². The maximum absolute atomic E-state index is 6.10. The van der Waals surface area contributed by atoms with Crippen LogP contribution in [0.25, 0.3) is 0 Å². The molecule has 0 fully saturated rings. The van der Waals surface area contributed by atoms with Crippen molar-refractivity contribution in [2.75, 3.05) is 5.75 Å². The first-order valence-corrected chi connectivity index (χ1v) is 6.81. The summed E-state index contributed by atoms with van der Waals surface area (Å²) in [5.74, 6) is 6.52. The van der Waals surface area contributed by atoms with Crippen LogP contribution in [-0.4, -0.2) is 11.0 Å². The Morgan fingerprint density at radius 3 is 2.62 bits per heavy atom. The lowest BCUT2D eigenvalue weighted by atomic mass is 10.1. The summed E-state index contributed by atoms with van der Waals surface area (Å²) in [5, 5.41) is 1.41. The average Bonchev–Trinajstić information content (AvgIpc) is 2.23. The molecule has 1 rings (SSSR count). The summed E-state index contributed by atoms with van der Waals surface area (Å²) in [6.07, 6.45) is 0. The van der Waals surface area contributed by atoms with Crippen LogP contribution < -0.4 is 11.3 Å². The summed E-state index contributed by atoms with van der Waals surface area (Å²) in [4.78, 5) is 0. The molecule has 3 N–H and O–H groups in total. The minimum atomic E-state index is 0.158. The van der Waals surface area contributed by atoms with E-state index in [9.17, 15) is 0 Å². The van der Waals surface area contributed by atoms with Gasteiger partial charge in [-0.25, -0.2) is 0 Å². The van der Waals surface area contributed by atoms with E-state index in [1.165, 1.54) is 0 Å². The van der Waals surface area contributed by atoms with Crippen molar-refractivity contribution in [1.29, 1.82) is 0 Å². The van der Waals surface area contributed by atoms with Gasteiger partial charge in [0.2, 0.25) is 0 Å². The molecule has 16 heavy (non-hydrogen) atoms. The van der Waals surface area contributed by atoms with Gasteiger partial charge in [0, 0.05) is 10.8 Å². The number of thioether (sulfide) groups is 1. The first kappa shape index (κ1) is 13.8. The Kier molecular flexibility index (Phi) is 5.62. The Balaban J connectivity index is 2.74. The van der Waals surface area contributed by atoms with E-state index in [0.29, 0.717) is 5.25 Å². The van der Waals surface area contributed by atoms with Crippen LogP contribution in [0.3, 0.4) is 0 Å². The minimum absolute atomic E-state index is 0.158. The zero-order valence-corrected chi connectivity index (χ0v) is 11.5. The molecule has 0 amide bonds. The molecule has 90 valence electrons. The molecule has 0 saturated carbocycles. The van der Waals surface area contributed by atoms with Crippen molar-refractivity contribution in [3.05, 3.63) is 34.3 Å². The summed E-state index contributed by atoms with van der Waals surface area (Å²) in [6, 6.07) is 6.25. The number of hydrazine groups is 1. The monoisotopic (exact) mass is 258 g/mol. The maximum atomic E-state index is 6.10. The van der Waals surface area contributed by atoms with E-state index in [1.54, 1.807) is 0 Å². The lowest BCUT2D eigenvalue weighted by molar-refractivity contribution is 0.610. The summed E-state index contributed by atoms with van der Waals surface area (Å²) >= 11 is 7.99. The van der Waals surface area contributed by atoms with Gasteiger partial charge in [0.15, 0.2) is 0 Å². The van der Waals surface area contributed by atoms with Crippen LogP contribution in [0.5, 0.6) is 0 Å². The molecule has 0 saturated heterocycles. The Morgan fingerprint density at radius 2 is 2.12 bits per heavy atom. The fourth-order valence-corrected chi connectivity index (χ4v) is 2.41. The van der Waals surface area contributed by atoms with Crippen LogP contribution in [0.2, 0.25) is 5.02 Å². The fourth-order valence-electron chi connectivity index (χ4n) is 1.36. The molecule has 1 unspecified atom stereocenters. The third-order valence-electron chi connectivity index (χ3n) is 2.40. The normalized spacial score (nSPS) is 13.1. The number of aryl methyl sites for hydroxylation is 1. The number of hydrogen-bond acceptors (Lipinski definition) is 3. The van der Waals surface area contributed by atoms with E-state index < -0.39 is 0 Å². The Morgan fingerprint density at radius 1 is 1.44 bits per heavy atom. The number of halogens is 1. The summed E-state index contributed by atoms with van der Waals surface area (Å²) in [7, 11) is 0. The Hall–Kier alpha value is -0.220. The maximum Gasteiger partial charge on any atom is 0.0551 e. The van der Waals surface area contributed by atoms with E-state index in [1.807, 2.05) is 30.8 Å². The smallest absolute Gasteiger partial charge is 0.0551 e.